The van der Waals surface area contributed by atoms with Crippen molar-refractivity contribution in [2.45, 2.75) is 13.5 Å². The summed E-state index contributed by atoms with van der Waals surface area (Å²) in [6.45, 7) is 2.11. The van der Waals surface area contributed by atoms with Crippen LogP contribution in [0, 0.1) is 17.1 Å². The van der Waals surface area contributed by atoms with Gasteiger partial charge in [0.1, 0.15) is 29.8 Å². The van der Waals surface area contributed by atoms with Gasteiger partial charge in [-0.1, -0.05) is 30.3 Å². The third kappa shape index (κ3) is 4.68. The number of rotatable bonds is 6. The number of nitrogens with zero attached hydrogens (tertiary/aromatic N) is 1. The molecule has 0 saturated carbocycles. The summed E-state index contributed by atoms with van der Waals surface area (Å²) in [5, 5.41) is 9.11. The van der Waals surface area contributed by atoms with Gasteiger partial charge in [0.15, 0.2) is 0 Å². The number of halogens is 1. The van der Waals surface area contributed by atoms with Crippen LogP contribution in [0.4, 0.5) is 4.39 Å². The Morgan fingerprint density at radius 1 is 1.21 bits per heavy atom. The lowest BCUT2D eigenvalue weighted by atomic mass is 10.1. The fraction of sp³-hybridized carbons (Fsp3) is 0.158. The van der Waals surface area contributed by atoms with Crippen LogP contribution in [0.2, 0.25) is 0 Å². The number of nitriles is 1. The molecule has 0 aliphatic heterocycles. The number of benzene rings is 2. The van der Waals surface area contributed by atoms with Gasteiger partial charge in [-0.25, -0.2) is 9.18 Å². The lowest BCUT2D eigenvalue weighted by molar-refractivity contribution is -0.137. The Bertz CT molecular complexity index is 776. The van der Waals surface area contributed by atoms with Crippen LogP contribution in [-0.4, -0.2) is 12.6 Å². The Morgan fingerprint density at radius 3 is 2.58 bits per heavy atom. The smallest absolute Gasteiger partial charge is 0.348 e. The Kier molecular flexibility index (Phi) is 6.09. The van der Waals surface area contributed by atoms with Crippen LogP contribution >= 0.6 is 0 Å². The second-order valence-electron chi connectivity index (χ2n) is 4.84. The molecule has 2 rings (SSSR count). The highest BCUT2D eigenvalue weighted by atomic mass is 19.1. The molecule has 0 radical (unpaired) electrons. The van der Waals surface area contributed by atoms with E-state index in [1.807, 2.05) is 6.07 Å². The molecule has 0 atom stereocenters. The zero-order chi connectivity index (χ0) is 17.4. The van der Waals surface area contributed by atoms with E-state index in [-0.39, 0.29) is 24.6 Å². The van der Waals surface area contributed by atoms with Crippen molar-refractivity contribution in [3.63, 3.8) is 0 Å². The van der Waals surface area contributed by atoms with E-state index >= 15 is 0 Å². The highest BCUT2D eigenvalue weighted by Gasteiger charge is 2.11. The summed E-state index contributed by atoms with van der Waals surface area (Å²) in [6.07, 6.45) is 1.43. The standard InChI is InChI=1S/C19H16FNO3/c1-2-23-19(22)16(12-21)11-15-5-3-4-6-18(15)24-13-14-7-9-17(20)10-8-14/h3-11H,2,13H2,1H3/b16-11+. The Labute approximate surface area is 139 Å². The normalized spacial score (nSPS) is 10.8. The number of para-hydroxylation sites is 1. The molecule has 0 heterocycles. The van der Waals surface area contributed by atoms with Gasteiger partial charge in [0.25, 0.3) is 0 Å². The van der Waals surface area contributed by atoms with E-state index in [0.29, 0.717) is 11.3 Å². The molecule has 0 aliphatic carbocycles. The average molecular weight is 325 g/mol. The van der Waals surface area contributed by atoms with Gasteiger partial charge >= 0.3 is 5.97 Å². The van der Waals surface area contributed by atoms with Gasteiger partial charge in [-0.3, -0.25) is 0 Å². The second kappa shape index (κ2) is 8.49. The van der Waals surface area contributed by atoms with E-state index in [0.717, 1.165) is 5.56 Å². The lowest BCUT2D eigenvalue weighted by Gasteiger charge is -2.09. The minimum Gasteiger partial charge on any atom is -0.488 e. The highest BCUT2D eigenvalue weighted by Crippen LogP contribution is 2.22. The first kappa shape index (κ1) is 17.2. The number of carbonyl (C=O) groups excluding carboxylic acids is 1. The SMILES string of the molecule is CCOC(=O)/C(C#N)=C/c1ccccc1OCc1ccc(F)cc1. The van der Waals surface area contributed by atoms with E-state index in [4.69, 9.17) is 14.7 Å². The molecule has 0 aromatic heterocycles. The quantitative estimate of drug-likeness (QED) is 0.459. The van der Waals surface area contributed by atoms with Gasteiger partial charge in [0.05, 0.1) is 6.61 Å². The third-order valence-corrected chi connectivity index (χ3v) is 3.14. The Morgan fingerprint density at radius 2 is 1.92 bits per heavy atom. The second-order valence-corrected chi connectivity index (χ2v) is 4.84. The molecule has 5 heteroatoms. The van der Waals surface area contributed by atoms with Crippen molar-refractivity contribution in [2.75, 3.05) is 6.61 Å². The predicted molar refractivity (Wildman–Crippen MR) is 87.4 cm³/mol. The molecule has 0 spiro atoms. The Balaban J connectivity index is 2.19. The van der Waals surface area contributed by atoms with E-state index in [1.54, 1.807) is 43.3 Å². The molecule has 2 aromatic carbocycles. The maximum absolute atomic E-state index is 12.9. The first-order chi connectivity index (χ1) is 11.6. The van der Waals surface area contributed by atoms with Crippen LogP contribution in [0.3, 0.4) is 0 Å². The van der Waals surface area contributed by atoms with Crippen LogP contribution < -0.4 is 4.74 Å². The van der Waals surface area contributed by atoms with Crippen LogP contribution in [0.15, 0.2) is 54.1 Å². The fourth-order valence-electron chi connectivity index (χ4n) is 1.97. The van der Waals surface area contributed by atoms with E-state index in [1.165, 1.54) is 18.2 Å². The van der Waals surface area contributed by atoms with Gasteiger partial charge in [0.2, 0.25) is 0 Å². The number of hydrogen-bond acceptors (Lipinski definition) is 4. The summed E-state index contributed by atoms with van der Waals surface area (Å²) < 4.78 is 23.5. The minimum atomic E-state index is -0.673. The molecular formula is C19H16FNO3. The summed E-state index contributed by atoms with van der Waals surface area (Å²) in [5.41, 5.74) is 1.29. The average Bonchev–Trinajstić information content (AvgIpc) is 2.60. The lowest BCUT2D eigenvalue weighted by Crippen LogP contribution is -2.06. The summed E-state index contributed by atoms with van der Waals surface area (Å²) >= 11 is 0. The largest absolute Gasteiger partial charge is 0.488 e. The van der Waals surface area contributed by atoms with E-state index in [2.05, 4.69) is 0 Å². The van der Waals surface area contributed by atoms with Gasteiger partial charge in [-0.15, -0.1) is 0 Å². The molecule has 0 aliphatic rings. The fourth-order valence-corrected chi connectivity index (χ4v) is 1.97. The Hall–Kier alpha value is -3.13. The summed E-state index contributed by atoms with van der Waals surface area (Å²) in [7, 11) is 0. The zero-order valence-corrected chi connectivity index (χ0v) is 13.2. The maximum atomic E-state index is 12.9. The topological polar surface area (TPSA) is 59.3 Å². The van der Waals surface area contributed by atoms with Crippen LogP contribution in [0.25, 0.3) is 6.08 Å². The van der Waals surface area contributed by atoms with Crippen molar-refractivity contribution in [2.24, 2.45) is 0 Å². The first-order valence-electron chi connectivity index (χ1n) is 7.39. The van der Waals surface area contributed by atoms with Gasteiger partial charge < -0.3 is 9.47 Å². The van der Waals surface area contributed by atoms with Crippen LogP contribution in [-0.2, 0) is 16.1 Å². The molecule has 0 N–H and O–H groups in total. The van der Waals surface area contributed by atoms with Crippen molar-refractivity contribution in [3.05, 3.63) is 71.0 Å². The third-order valence-electron chi connectivity index (χ3n) is 3.14. The molecule has 0 saturated heterocycles. The monoisotopic (exact) mass is 325 g/mol. The highest BCUT2D eigenvalue weighted by molar-refractivity contribution is 5.98. The van der Waals surface area contributed by atoms with Crippen molar-refractivity contribution in [1.29, 1.82) is 5.26 Å². The molecule has 0 unspecified atom stereocenters. The number of esters is 1. The number of hydrogen-bond donors (Lipinski definition) is 0. The zero-order valence-electron chi connectivity index (χ0n) is 13.2. The number of ether oxygens (including phenoxy) is 2. The molecule has 4 nitrogen and oxygen atoms in total. The molecule has 0 amide bonds. The first-order valence-corrected chi connectivity index (χ1v) is 7.39. The predicted octanol–water partition coefficient (Wildman–Crippen LogP) is 3.87. The molecule has 0 bridgehead atoms. The van der Waals surface area contributed by atoms with Crippen LogP contribution in [0.1, 0.15) is 18.1 Å². The molecule has 122 valence electrons. The van der Waals surface area contributed by atoms with Crippen molar-refractivity contribution < 1.29 is 18.7 Å². The van der Waals surface area contributed by atoms with Crippen LogP contribution in [0.5, 0.6) is 5.75 Å². The van der Waals surface area contributed by atoms with Crippen molar-refractivity contribution in [1.82, 2.24) is 0 Å². The summed E-state index contributed by atoms with van der Waals surface area (Å²) in [6, 6.07) is 14.8. The van der Waals surface area contributed by atoms with Gasteiger partial charge in [-0.05, 0) is 36.8 Å². The minimum absolute atomic E-state index is 0.102. The summed E-state index contributed by atoms with van der Waals surface area (Å²) in [5.74, 6) is -0.470. The van der Waals surface area contributed by atoms with E-state index in [9.17, 15) is 9.18 Å². The van der Waals surface area contributed by atoms with Gasteiger partial charge in [0, 0.05) is 5.56 Å². The summed E-state index contributed by atoms with van der Waals surface area (Å²) in [4.78, 5) is 11.7. The molecular weight excluding hydrogens is 309 g/mol. The van der Waals surface area contributed by atoms with Gasteiger partial charge in [-0.2, -0.15) is 5.26 Å². The molecule has 24 heavy (non-hydrogen) atoms. The maximum Gasteiger partial charge on any atom is 0.348 e. The van der Waals surface area contributed by atoms with Crippen molar-refractivity contribution >= 4 is 12.0 Å². The van der Waals surface area contributed by atoms with Crippen molar-refractivity contribution in [3.8, 4) is 11.8 Å². The van der Waals surface area contributed by atoms with E-state index < -0.39 is 5.97 Å². The molecule has 0 fully saturated rings. The number of carbonyl (C=O) groups is 1. The molecule has 2 aromatic rings.